The van der Waals surface area contributed by atoms with Gasteiger partial charge in [0.1, 0.15) is 5.75 Å². The topological polar surface area (TPSA) is 58.6 Å². The van der Waals surface area contributed by atoms with Crippen LogP contribution in [-0.4, -0.2) is 36.4 Å². The zero-order valence-corrected chi connectivity index (χ0v) is 18.0. The average Bonchev–Trinajstić information content (AvgIpc) is 2.69. The van der Waals surface area contributed by atoms with Gasteiger partial charge in [-0.05, 0) is 49.1 Å². The predicted octanol–water partition coefficient (Wildman–Crippen LogP) is 5.00. The minimum absolute atomic E-state index is 0.201. The van der Waals surface area contributed by atoms with Gasteiger partial charge in [-0.15, -0.1) is 0 Å². The predicted molar refractivity (Wildman–Crippen MR) is 113 cm³/mol. The van der Waals surface area contributed by atoms with Crippen molar-refractivity contribution in [1.82, 2.24) is 4.90 Å². The van der Waals surface area contributed by atoms with Gasteiger partial charge in [-0.1, -0.05) is 38.1 Å². The van der Waals surface area contributed by atoms with E-state index in [4.69, 9.17) is 4.74 Å². The third-order valence-electron chi connectivity index (χ3n) is 4.72. The van der Waals surface area contributed by atoms with Crippen molar-refractivity contribution in [2.45, 2.75) is 39.8 Å². The molecule has 0 saturated carbocycles. The minimum Gasteiger partial charge on any atom is -0.483 e. The van der Waals surface area contributed by atoms with E-state index in [1.54, 1.807) is 6.92 Å². The summed E-state index contributed by atoms with van der Waals surface area (Å²) in [5.74, 6) is -0.348. The van der Waals surface area contributed by atoms with Crippen LogP contribution in [0.5, 0.6) is 5.75 Å². The van der Waals surface area contributed by atoms with E-state index in [9.17, 15) is 22.8 Å². The van der Waals surface area contributed by atoms with Crippen LogP contribution < -0.4 is 10.1 Å². The Balaban J connectivity index is 2.03. The molecule has 0 radical (unpaired) electrons. The zero-order valence-electron chi connectivity index (χ0n) is 18.0. The molecule has 2 aromatic rings. The highest BCUT2D eigenvalue weighted by Gasteiger charge is 2.33. The molecule has 0 saturated heterocycles. The molecule has 0 spiro atoms. The van der Waals surface area contributed by atoms with Crippen molar-refractivity contribution in [2.75, 3.05) is 25.0 Å². The lowest BCUT2D eigenvalue weighted by Crippen LogP contribution is -2.40. The van der Waals surface area contributed by atoms with Crippen molar-refractivity contribution in [1.29, 1.82) is 0 Å². The average molecular weight is 436 g/mol. The molecule has 2 aromatic carbocycles. The van der Waals surface area contributed by atoms with Crippen LogP contribution in [0.4, 0.5) is 18.9 Å². The van der Waals surface area contributed by atoms with Gasteiger partial charge in [0.25, 0.3) is 5.91 Å². The second kappa shape index (κ2) is 10.3. The molecule has 1 N–H and O–H groups in total. The van der Waals surface area contributed by atoms with E-state index in [1.165, 1.54) is 23.1 Å². The van der Waals surface area contributed by atoms with E-state index in [0.717, 1.165) is 17.2 Å². The number of ether oxygens (including phenoxy) is 1. The number of benzene rings is 2. The molecule has 0 bridgehead atoms. The maximum atomic E-state index is 13.1. The third-order valence-corrected chi connectivity index (χ3v) is 4.72. The van der Waals surface area contributed by atoms with E-state index >= 15 is 0 Å². The van der Waals surface area contributed by atoms with Crippen molar-refractivity contribution in [3.05, 3.63) is 59.2 Å². The number of carbonyl (C=O) groups is 2. The van der Waals surface area contributed by atoms with E-state index in [-0.39, 0.29) is 31.3 Å². The summed E-state index contributed by atoms with van der Waals surface area (Å²) < 4.78 is 45.0. The van der Waals surface area contributed by atoms with Gasteiger partial charge in [0.05, 0.1) is 17.8 Å². The van der Waals surface area contributed by atoms with Crippen molar-refractivity contribution < 1.29 is 27.5 Å². The Bertz CT molecular complexity index is 927. The molecule has 2 amide bonds. The molecule has 0 aliphatic heterocycles. The molecular weight excluding hydrogens is 409 g/mol. The summed E-state index contributed by atoms with van der Waals surface area (Å²) in [6.07, 6.45) is -4.60. The fourth-order valence-corrected chi connectivity index (χ4v) is 3.05. The summed E-state index contributed by atoms with van der Waals surface area (Å²) >= 11 is 0. The van der Waals surface area contributed by atoms with Crippen LogP contribution in [0.2, 0.25) is 0 Å². The highest BCUT2D eigenvalue weighted by Crippen LogP contribution is 2.34. The normalized spacial score (nSPS) is 11.4. The van der Waals surface area contributed by atoms with E-state index in [1.807, 2.05) is 39.0 Å². The van der Waals surface area contributed by atoms with Gasteiger partial charge in [0.2, 0.25) is 5.91 Å². The Hall–Kier alpha value is -3.03. The molecule has 0 heterocycles. The lowest BCUT2D eigenvalue weighted by molar-refractivity contribution is -0.137. The SMILES string of the molecule is CCN(CC(=O)Nc1ccccc1C(F)(F)F)C(=O)COc1cc(C)ccc1C(C)C. The first kappa shape index (κ1) is 24.2. The number of anilines is 1. The number of likely N-dealkylation sites (N-methyl/N-ethyl adjacent to an activating group) is 1. The maximum Gasteiger partial charge on any atom is 0.418 e. The molecule has 0 unspecified atom stereocenters. The number of para-hydroxylation sites is 1. The first-order chi connectivity index (χ1) is 14.5. The van der Waals surface area contributed by atoms with Gasteiger partial charge < -0.3 is 15.0 Å². The largest absolute Gasteiger partial charge is 0.483 e. The molecule has 31 heavy (non-hydrogen) atoms. The summed E-state index contributed by atoms with van der Waals surface area (Å²) in [6, 6.07) is 10.5. The number of aryl methyl sites for hydroxylation is 1. The van der Waals surface area contributed by atoms with Crippen molar-refractivity contribution >= 4 is 17.5 Å². The number of hydrogen-bond acceptors (Lipinski definition) is 3. The number of nitrogens with one attached hydrogen (secondary N) is 1. The maximum absolute atomic E-state index is 13.1. The van der Waals surface area contributed by atoms with Gasteiger partial charge >= 0.3 is 6.18 Å². The molecule has 0 fully saturated rings. The Kier molecular flexibility index (Phi) is 8.08. The number of hydrogen-bond donors (Lipinski definition) is 1. The zero-order chi connectivity index (χ0) is 23.2. The Morgan fingerprint density at radius 3 is 2.42 bits per heavy atom. The second-order valence-electron chi connectivity index (χ2n) is 7.48. The number of carbonyl (C=O) groups excluding carboxylic acids is 2. The van der Waals surface area contributed by atoms with Crippen LogP contribution in [-0.2, 0) is 15.8 Å². The molecule has 8 heteroatoms. The number of halogens is 3. The Morgan fingerprint density at radius 1 is 1.13 bits per heavy atom. The molecule has 5 nitrogen and oxygen atoms in total. The molecule has 0 aliphatic rings. The molecule has 0 aliphatic carbocycles. The Morgan fingerprint density at radius 2 is 1.81 bits per heavy atom. The van der Waals surface area contributed by atoms with E-state index < -0.39 is 23.6 Å². The lowest BCUT2D eigenvalue weighted by Gasteiger charge is -2.22. The van der Waals surface area contributed by atoms with Crippen LogP contribution in [0.25, 0.3) is 0 Å². The summed E-state index contributed by atoms with van der Waals surface area (Å²) in [4.78, 5) is 26.1. The lowest BCUT2D eigenvalue weighted by atomic mass is 10.0. The number of nitrogens with zero attached hydrogens (tertiary/aromatic N) is 1. The molecule has 0 atom stereocenters. The standard InChI is InChI=1S/C23H27F3N2O3/c1-5-28(13-21(29)27-19-9-7-6-8-18(19)23(24,25)26)22(30)14-31-20-12-16(4)10-11-17(20)15(2)3/h6-12,15H,5,13-14H2,1-4H3,(H,27,29). The van der Waals surface area contributed by atoms with Crippen molar-refractivity contribution in [2.24, 2.45) is 0 Å². The van der Waals surface area contributed by atoms with Gasteiger partial charge in [0, 0.05) is 6.54 Å². The van der Waals surface area contributed by atoms with E-state index in [2.05, 4.69) is 5.32 Å². The summed E-state index contributed by atoms with van der Waals surface area (Å²) in [5.41, 5.74) is 0.660. The fourth-order valence-electron chi connectivity index (χ4n) is 3.05. The van der Waals surface area contributed by atoms with Crippen LogP contribution in [0, 0.1) is 6.92 Å². The highest BCUT2D eigenvalue weighted by atomic mass is 19.4. The molecule has 168 valence electrons. The second-order valence-corrected chi connectivity index (χ2v) is 7.48. The first-order valence-electron chi connectivity index (χ1n) is 10.00. The minimum atomic E-state index is -4.60. The molecule has 2 rings (SSSR count). The highest BCUT2D eigenvalue weighted by molar-refractivity contribution is 5.95. The van der Waals surface area contributed by atoms with Crippen LogP contribution >= 0.6 is 0 Å². The van der Waals surface area contributed by atoms with Crippen molar-refractivity contribution in [3.63, 3.8) is 0 Å². The van der Waals surface area contributed by atoms with Gasteiger partial charge in [-0.2, -0.15) is 13.2 Å². The molecular formula is C23H27F3N2O3. The fraction of sp³-hybridized carbons (Fsp3) is 0.391. The summed E-state index contributed by atoms with van der Waals surface area (Å²) in [6.45, 7) is 7.18. The number of amides is 2. The molecule has 0 aromatic heterocycles. The van der Waals surface area contributed by atoms with Gasteiger partial charge in [-0.3, -0.25) is 9.59 Å². The van der Waals surface area contributed by atoms with Gasteiger partial charge in [0.15, 0.2) is 6.61 Å². The quantitative estimate of drug-likeness (QED) is 0.633. The van der Waals surface area contributed by atoms with Crippen LogP contribution in [0.15, 0.2) is 42.5 Å². The van der Waals surface area contributed by atoms with Gasteiger partial charge in [-0.25, -0.2) is 0 Å². The van der Waals surface area contributed by atoms with Crippen molar-refractivity contribution in [3.8, 4) is 5.75 Å². The first-order valence-corrected chi connectivity index (χ1v) is 10.00. The third kappa shape index (κ3) is 6.73. The monoisotopic (exact) mass is 436 g/mol. The summed E-state index contributed by atoms with van der Waals surface area (Å²) in [7, 11) is 0. The smallest absolute Gasteiger partial charge is 0.418 e. The number of alkyl halides is 3. The summed E-state index contributed by atoms with van der Waals surface area (Å²) in [5, 5.41) is 2.25. The Labute approximate surface area is 180 Å². The van der Waals surface area contributed by atoms with E-state index in [0.29, 0.717) is 5.75 Å². The van der Waals surface area contributed by atoms with Crippen LogP contribution in [0.3, 0.4) is 0 Å². The number of rotatable bonds is 8. The van der Waals surface area contributed by atoms with Crippen LogP contribution in [0.1, 0.15) is 43.4 Å².